The van der Waals surface area contributed by atoms with Crippen molar-refractivity contribution >= 4 is 28.8 Å². The first-order valence-corrected chi connectivity index (χ1v) is 8.82. The van der Waals surface area contributed by atoms with Crippen molar-refractivity contribution in [3.8, 4) is 0 Å². The van der Waals surface area contributed by atoms with Gasteiger partial charge in [0.2, 0.25) is 11.8 Å². The molecule has 0 saturated heterocycles. The summed E-state index contributed by atoms with van der Waals surface area (Å²) in [5.74, 6) is -0.451. The van der Waals surface area contributed by atoms with Crippen LogP contribution in [0.4, 0.5) is 0 Å². The second-order valence-corrected chi connectivity index (χ2v) is 6.12. The molecule has 0 aliphatic carbocycles. The molecule has 3 aromatic carbocycles. The Balaban J connectivity index is 1.44. The molecule has 0 spiro atoms. The fourth-order valence-electron chi connectivity index (χ4n) is 2.70. The third-order valence-electron chi connectivity index (χ3n) is 4.13. The van der Waals surface area contributed by atoms with Gasteiger partial charge in [-0.25, -0.2) is 5.43 Å². The van der Waals surface area contributed by atoms with Crippen LogP contribution in [0.1, 0.15) is 24.0 Å². The van der Waals surface area contributed by atoms with Crippen LogP contribution in [-0.2, 0) is 16.1 Å². The molecule has 0 fully saturated rings. The molecule has 0 unspecified atom stereocenters. The van der Waals surface area contributed by atoms with Crippen molar-refractivity contribution in [2.75, 3.05) is 0 Å². The van der Waals surface area contributed by atoms with Gasteiger partial charge in [0.1, 0.15) is 0 Å². The number of nitrogens with one attached hydrogen (secondary N) is 2. The summed E-state index contributed by atoms with van der Waals surface area (Å²) in [6.07, 6.45) is 1.84. The van der Waals surface area contributed by atoms with Crippen molar-refractivity contribution in [1.82, 2.24) is 10.7 Å². The molecule has 0 saturated carbocycles. The maximum atomic E-state index is 11.9. The molecule has 5 nitrogen and oxygen atoms in total. The number of nitrogens with zero attached hydrogens (tertiary/aromatic N) is 1. The first-order chi connectivity index (χ1) is 13.2. The third-order valence-corrected chi connectivity index (χ3v) is 4.13. The van der Waals surface area contributed by atoms with E-state index in [9.17, 15) is 9.59 Å². The summed E-state index contributed by atoms with van der Waals surface area (Å²) >= 11 is 0. The van der Waals surface area contributed by atoms with Crippen LogP contribution in [0.15, 0.2) is 77.9 Å². The molecular weight excluding hydrogens is 338 g/mol. The Morgan fingerprint density at radius 1 is 0.815 bits per heavy atom. The molecule has 0 bridgehead atoms. The molecule has 27 heavy (non-hydrogen) atoms. The van der Waals surface area contributed by atoms with Gasteiger partial charge in [0, 0.05) is 24.9 Å². The van der Waals surface area contributed by atoms with Crippen LogP contribution in [0.5, 0.6) is 0 Å². The number of benzene rings is 3. The molecule has 2 amide bonds. The van der Waals surface area contributed by atoms with E-state index in [2.05, 4.69) is 15.8 Å². The molecule has 0 radical (unpaired) electrons. The number of amides is 2. The highest BCUT2D eigenvalue weighted by Crippen LogP contribution is 2.16. The van der Waals surface area contributed by atoms with Crippen LogP contribution >= 0.6 is 0 Å². The van der Waals surface area contributed by atoms with Gasteiger partial charge in [-0.05, 0) is 16.3 Å². The minimum atomic E-state index is -0.290. The van der Waals surface area contributed by atoms with Gasteiger partial charge < -0.3 is 5.32 Å². The lowest BCUT2D eigenvalue weighted by molar-refractivity contribution is -0.126. The molecule has 5 heteroatoms. The topological polar surface area (TPSA) is 70.6 Å². The van der Waals surface area contributed by atoms with Crippen LogP contribution in [0, 0.1) is 0 Å². The van der Waals surface area contributed by atoms with Crippen LogP contribution in [-0.4, -0.2) is 18.0 Å². The number of carbonyl (C=O) groups is 2. The number of carbonyl (C=O) groups excluding carboxylic acids is 2. The van der Waals surface area contributed by atoms with E-state index in [1.807, 2.05) is 72.8 Å². The number of hydrogen-bond donors (Lipinski definition) is 2. The second kappa shape index (κ2) is 9.29. The molecule has 0 aromatic heterocycles. The zero-order valence-electron chi connectivity index (χ0n) is 14.9. The van der Waals surface area contributed by atoms with Crippen LogP contribution in [0.25, 0.3) is 10.8 Å². The van der Waals surface area contributed by atoms with Crippen molar-refractivity contribution < 1.29 is 9.59 Å². The van der Waals surface area contributed by atoms with Crippen molar-refractivity contribution in [2.24, 2.45) is 5.10 Å². The molecule has 3 aromatic rings. The van der Waals surface area contributed by atoms with Crippen molar-refractivity contribution in [1.29, 1.82) is 0 Å². The van der Waals surface area contributed by atoms with Gasteiger partial charge in [0.15, 0.2) is 0 Å². The Labute approximate surface area is 158 Å². The van der Waals surface area contributed by atoms with E-state index in [-0.39, 0.29) is 24.7 Å². The van der Waals surface area contributed by atoms with Gasteiger partial charge in [-0.15, -0.1) is 0 Å². The van der Waals surface area contributed by atoms with Crippen LogP contribution < -0.4 is 10.7 Å². The summed E-state index contributed by atoms with van der Waals surface area (Å²) in [5, 5.41) is 8.99. The van der Waals surface area contributed by atoms with Crippen LogP contribution in [0.3, 0.4) is 0 Å². The largest absolute Gasteiger partial charge is 0.352 e. The summed E-state index contributed by atoms with van der Waals surface area (Å²) in [7, 11) is 0. The van der Waals surface area contributed by atoms with E-state index >= 15 is 0 Å². The van der Waals surface area contributed by atoms with Crippen molar-refractivity contribution in [3.63, 3.8) is 0 Å². The Hall–Kier alpha value is -3.47. The maximum Gasteiger partial charge on any atom is 0.240 e. The van der Waals surface area contributed by atoms with Gasteiger partial charge in [-0.1, -0.05) is 72.8 Å². The molecule has 0 heterocycles. The summed E-state index contributed by atoms with van der Waals surface area (Å²) < 4.78 is 0. The average Bonchev–Trinajstić information content (AvgIpc) is 2.71. The highest BCUT2D eigenvalue weighted by molar-refractivity contribution is 6.00. The van der Waals surface area contributed by atoms with E-state index < -0.39 is 0 Å². The molecular formula is C22H21N3O2. The zero-order chi connectivity index (χ0) is 18.9. The minimum Gasteiger partial charge on any atom is -0.352 e. The van der Waals surface area contributed by atoms with E-state index in [0.29, 0.717) is 6.54 Å². The average molecular weight is 359 g/mol. The lowest BCUT2D eigenvalue weighted by Crippen LogP contribution is -2.25. The van der Waals surface area contributed by atoms with E-state index in [4.69, 9.17) is 0 Å². The molecule has 3 rings (SSSR count). The summed E-state index contributed by atoms with van der Waals surface area (Å²) in [6.45, 7) is 0.459. The Kier molecular flexibility index (Phi) is 6.30. The smallest absolute Gasteiger partial charge is 0.240 e. The van der Waals surface area contributed by atoms with Crippen molar-refractivity contribution in [2.45, 2.75) is 19.4 Å². The van der Waals surface area contributed by atoms with E-state index in [1.165, 1.54) is 0 Å². The fourth-order valence-corrected chi connectivity index (χ4v) is 2.70. The van der Waals surface area contributed by atoms with Gasteiger partial charge in [-0.2, -0.15) is 5.10 Å². The predicted octanol–water partition coefficient (Wildman–Crippen LogP) is 3.39. The third kappa shape index (κ3) is 5.51. The van der Waals surface area contributed by atoms with Gasteiger partial charge >= 0.3 is 0 Å². The highest BCUT2D eigenvalue weighted by atomic mass is 16.2. The molecule has 2 N–H and O–H groups in total. The van der Waals surface area contributed by atoms with E-state index in [0.717, 1.165) is 21.9 Å². The molecule has 136 valence electrons. The number of fused-ring (bicyclic) bond motifs is 1. The summed E-state index contributed by atoms with van der Waals surface area (Å²) in [6, 6.07) is 23.5. The number of rotatable bonds is 7. The molecule has 0 aliphatic rings. The summed E-state index contributed by atoms with van der Waals surface area (Å²) in [4.78, 5) is 23.7. The van der Waals surface area contributed by atoms with Gasteiger partial charge in [-0.3, -0.25) is 9.59 Å². The predicted molar refractivity (Wildman–Crippen MR) is 107 cm³/mol. The Morgan fingerprint density at radius 2 is 1.52 bits per heavy atom. The van der Waals surface area contributed by atoms with Crippen LogP contribution in [0.2, 0.25) is 0 Å². The standard InChI is InChI=1S/C22H21N3O2/c26-21(23-15-17-7-2-1-3-8-17)13-14-22(27)25-24-16-19-11-6-10-18-9-4-5-12-20(18)19/h1-12,16H,13-15H2,(H,23,26)(H,25,27)/b24-16+. The highest BCUT2D eigenvalue weighted by Gasteiger charge is 2.06. The normalized spacial score (nSPS) is 10.8. The summed E-state index contributed by atoms with van der Waals surface area (Å²) in [5.41, 5.74) is 4.42. The lowest BCUT2D eigenvalue weighted by atomic mass is 10.1. The first-order valence-electron chi connectivity index (χ1n) is 8.82. The lowest BCUT2D eigenvalue weighted by Gasteiger charge is -2.05. The van der Waals surface area contributed by atoms with E-state index in [1.54, 1.807) is 6.21 Å². The molecule has 0 aliphatic heterocycles. The van der Waals surface area contributed by atoms with Gasteiger partial charge in [0.25, 0.3) is 0 Å². The Bertz CT molecular complexity index is 947. The second-order valence-electron chi connectivity index (χ2n) is 6.12. The number of hydrazone groups is 1. The van der Waals surface area contributed by atoms with Crippen molar-refractivity contribution in [3.05, 3.63) is 83.9 Å². The van der Waals surface area contributed by atoms with Gasteiger partial charge in [0.05, 0.1) is 6.21 Å². The Morgan fingerprint density at radius 3 is 2.37 bits per heavy atom. The maximum absolute atomic E-state index is 11.9. The fraction of sp³-hybridized carbons (Fsp3) is 0.136. The monoisotopic (exact) mass is 359 g/mol. The number of hydrogen-bond acceptors (Lipinski definition) is 3. The quantitative estimate of drug-likeness (QED) is 0.501. The minimum absolute atomic E-state index is 0.0908. The zero-order valence-corrected chi connectivity index (χ0v) is 14.9. The SMILES string of the molecule is O=C(CCC(=O)N/N=C/c1cccc2ccccc12)NCc1ccccc1. The molecule has 0 atom stereocenters. The first kappa shape index (κ1) is 18.3.